The summed E-state index contributed by atoms with van der Waals surface area (Å²) in [5.74, 6) is 1.05. The summed E-state index contributed by atoms with van der Waals surface area (Å²) in [6.45, 7) is 4.93. The monoisotopic (exact) mass is 615 g/mol. The molecule has 1 aliphatic carbocycles. The minimum absolute atomic E-state index is 0.0856. The van der Waals surface area contributed by atoms with E-state index in [4.69, 9.17) is 9.72 Å². The molecule has 8 nitrogen and oxygen atoms in total. The lowest BCUT2D eigenvalue weighted by Gasteiger charge is -2.33. The van der Waals surface area contributed by atoms with Crippen molar-refractivity contribution in [3.8, 4) is 11.7 Å². The first kappa shape index (κ1) is 29.8. The fourth-order valence-electron chi connectivity index (χ4n) is 6.37. The number of pyridine rings is 1. The van der Waals surface area contributed by atoms with Crippen molar-refractivity contribution in [2.45, 2.75) is 81.8 Å². The van der Waals surface area contributed by atoms with E-state index in [1.807, 2.05) is 18.2 Å². The number of halogens is 3. The molecule has 1 N–H and O–H groups in total. The van der Waals surface area contributed by atoms with Crippen LogP contribution in [0.15, 0.2) is 53.6 Å². The molecular formula is C31H36F3N5O3S. The van der Waals surface area contributed by atoms with E-state index in [-0.39, 0.29) is 37.3 Å². The number of hydrogen-bond donors (Lipinski definition) is 1. The first-order valence-corrected chi connectivity index (χ1v) is 16.0. The van der Waals surface area contributed by atoms with Crippen LogP contribution < -0.4 is 14.4 Å². The fourth-order valence-corrected chi connectivity index (χ4v) is 7.22. The van der Waals surface area contributed by atoms with E-state index in [1.54, 1.807) is 30.5 Å². The van der Waals surface area contributed by atoms with Crippen LogP contribution in [0, 0.1) is 11.3 Å². The van der Waals surface area contributed by atoms with Gasteiger partial charge in [-0.05, 0) is 94.5 Å². The van der Waals surface area contributed by atoms with Gasteiger partial charge in [0.15, 0.2) is 10.7 Å². The van der Waals surface area contributed by atoms with Crippen molar-refractivity contribution in [2.75, 3.05) is 18.1 Å². The predicted molar refractivity (Wildman–Crippen MR) is 157 cm³/mol. The molecule has 2 unspecified atom stereocenters. The number of aryl methyl sites for hydroxylation is 1. The Morgan fingerprint density at radius 2 is 1.98 bits per heavy atom. The topological polar surface area (TPSA) is 95.3 Å². The van der Waals surface area contributed by atoms with Crippen molar-refractivity contribution >= 4 is 23.1 Å². The molecule has 0 radical (unpaired) electrons. The smallest absolute Gasteiger partial charge is 0.394 e. The Morgan fingerprint density at radius 1 is 1.16 bits per heavy atom. The van der Waals surface area contributed by atoms with Gasteiger partial charge in [-0.1, -0.05) is 18.6 Å². The highest BCUT2D eigenvalue weighted by molar-refractivity contribution is 7.90. The average Bonchev–Trinajstić information content (AvgIpc) is 3.51. The van der Waals surface area contributed by atoms with E-state index in [2.05, 4.69) is 28.6 Å². The zero-order valence-corrected chi connectivity index (χ0v) is 25.1. The Bertz CT molecular complexity index is 1490. The predicted octanol–water partition coefficient (Wildman–Crippen LogP) is 6.16. The Morgan fingerprint density at radius 3 is 2.74 bits per heavy atom. The molecule has 1 saturated carbocycles. The Balaban J connectivity index is 1.27. The number of ether oxygens (including phenoxy) is 1. The molecule has 230 valence electrons. The minimum atomic E-state index is -4.22. The summed E-state index contributed by atoms with van der Waals surface area (Å²) in [6.07, 6.45) is 2.56. The van der Waals surface area contributed by atoms with Crippen LogP contribution in [0.5, 0.6) is 5.88 Å². The molecule has 2 atom stereocenters. The zero-order valence-electron chi connectivity index (χ0n) is 24.3. The second-order valence-electron chi connectivity index (χ2n) is 12.6. The number of hydrogen-bond acceptors (Lipinski definition) is 6. The second kappa shape index (κ2) is 11.4. The van der Waals surface area contributed by atoms with Crippen molar-refractivity contribution in [1.29, 1.82) is 0 Å². The molecule has 2 aromatic heterocycles. The number of anilines is 1. The van der Waals surface area contributed by atoms with Gasteiger partial charge in [-0.2, -0.15) is 17.9 Å². The van der Waals surface area contributed by atoms with E-state index in [9.17, 15) is 22.5 Å². The maximum Gasteiger partial charge on any atom is 0.394 e. The van der Waals surface area contributed by atoms with E-state index >= 15 is 0 Å². The number of alkyl halides is 3. The van der Waals surface area contributed by atoms with Gasteiger partial charge in [0.2, 0.25) is 5.88 Å². The lowest BCUT2D eigenvalue weighted by atomic mass is 9.92. The lowest BCUT2D eigenvalue weighted by molar-refractivity contribution is -0.190. The third-order valence-corrected chi connectivity index (χ3v) is 10.1. The van der Waals surface area contributed by atoms with Gasteiger partial charge in [0, 0.05) is 24.3 Å². The molecule has 4 heterocycles. The van der Waals surface area contributed by atoms with Crippen LogP contribution in [-0.4, -0.2) is 50.1 Å². The first-order chi connectivity index (χ1) is 20.4. The average molecular weight is 616 g/mol. The Labute approximate surface area is 252 Å². The van der Waals surface area contributed by atoms with Crippen LogP contribution >= 0.6 is 0 Å². The first-order valence-electron chi connectivity index (χ1n) is 14.8. The maximum absolute atomic E-state index is 13.6. The summed E-state index contributed by atoms with van der Waals surface area (Å²) in [5.41, 5.74) is -0.499. The van der Waals surface area contributed by atoms with Crippen LogP contribution in [-0.2, 0) is 17.8 Å². The van der Waals surface area contributed by atoms with E-state index in [0.29, 0.717) is 28.0 Å². The summed E-state index contributed by atoms with van der Waals surface area (Å²) >= 11 is -1.75. The number of rotatable bonds is 5. The molecule has 6 rings (SSSR count). The highest BCUT2D eigenvalue weighted by Gasteiger charge is 2.62. The molecule has 12 heteroatoms. The molecule has 43 heavy (non-hydrogen) atoms. The van der Waals surface area contributed by atoms with Gasteiger partial charge in [0.25, 0.3) is 5.91 Å². The Hall–Kier alpha value is -3.25. The van der Waals surface area contributed by atoms with Crippen molar-refractivity contribution in [2.24, 2.45) is 11.3 Å². The normalized spacial score (nSPS) is 23.1. The minimum Gasteiger partial charge on any atom is -0.588 e. The molecule has 3 aliphatic rings. The van der Waals surface area contributed by atoms with Gasteiger partial charge in [0.1, 0.15) is 17.2 Å². The Kier molecular flexibility index (Phi) is 7.87. The van der Waals surface area contributed by atoms with Crippen LogP contribution in [0.25, 0.3) is 5.82 Å². The molecule has 1 saturated heterocycles. The molecule has 1 aromatic carbocycles. The third-order valence-electron chi connectivity index (χ3n) is 9.03. The summed E-state index contributed by atoms with van der Waals surface area (Å²) in [6, 6.07) is 12.4. The van der Waals surface area contributed by atoms with Gasteiger partial charge in [-0.15, -0.1) is 5.10 Å². The van der Waals surface area contributed by atoms with Crippen molar-refractivity contribution < 1.29 is 27.3 Å². The van der Waals surface area contributed by atoms with E-state index in [0.717, 1.165) is 44.2 Å². The van der Waals surface area contributed by atoms with Gasteiger partial charge in [0.05, 0.1) is 17.6 Å². The third kappa shape index (κ3) is 6.22. The number of nitrogens with zero attached hydrogens (tertiary/aromatic N) is 4. The fraction of sp³-hybridized carbons (Fsp3) is 0.516. The summed E-state index contributed by atoms with van der Waals surface area (Å²) < 4.78 is 62.7. The molecular weight excluding hydrogens is 579 g/mol. The van der Waals surface area contributed by atoms with E-state index in [1.165, 1.54) is 4.68 Å². The van der Waals surface area contributed by atoms with Gasteiger partial charge >= 0.3 is 6.18 Å². The molecule has 0 spiro atoms. The lowest BCUT2D eigenvalue weighted by Crippen LogP contribution is -2.41. The maximum atomic E-state index is 13.6. The molecule has 3 aromatic rings. The number of nitrogens with one attached hydrogen (secondary N) is 1. The number of benzene rings is 1. The highest BCUT2D eigenvalue weighted by atomic mass is 32.2. The van der Waals surface area contributed by atoms with E-state index < -0.39 is 28.9 Å². The second-order valence-corrected chi connectivity index (χ2v) is 13.8. The van der Waals surface area contributed by atoms with Crippen molar-refractivity contribution in [3.05, 3.63) is 59.8 Å². The van der Waals surface area contributed by atoms with Gasteiger partial charge < -0.3 is 14.2 Å². The number of amides is 1. The molecule has 1 amide bonds. The number of aromatic nitrogens is 3. The van der Waals surface area contributed by atoms with Gasteiger partial charge in [-0.25, -0.2) is 9.67 Å². The van der Waals surface area contributed by atoms with Crippen LogP contribution in [0.4, 0.5) is 19.0 Å². The standard InChI is InChI=1S/C31H36F3N5O3S/c1-29(2)19-22-7-4-3-6-21-8-5-9-23(18-21)43(41)37-28(40)24-10-11-25(35-27(24)38(29)20-22)39-16-12-26(36-39)42-17-15-30(13-14-30)31(32,33)34/h5,8-12,16,18,22H,3-4,6-7,13-15,17,19-20H2,1-2H3,(H,37,40). The van der Waals surface area contributed by atoms with Crippen LogP contribution in [0.2, 0.25) is 0 Å². The number of fused-ring (bicyclic) bond motifs is 6. The van der Waals surface area contributed by atoms with Crippen molar-refractivity contribution in [3.63, 3.8) is 0 Å². The zero-order chi connectivity index (χ0) is 30.4. The molecule has 2 aliphatic heterocycles. The quantitative estimate of drug-likeness (QED) is 0.346. The largest absolute Gasteiger partial charge is 0.588 e. The van der Waals surface area contributed by atoms with Crippen molar-refractivity contribution in [1.82, 2.24) is 19.5 Å². The summed E-state index contributed by atoms with van der Waals surface area (Å²) in [5, 5.41) is 4.39. The highest BCUT2D eigenvalue weighted by Crippen LogP contribution is 2.59. The number of carbonyl (C=O) groups excluding carboxylic acids is 1. The molecule has 2 fully saturated rings. The van der Waals surface area contributed by atoms with Gasteiger partial charge in [-0.3, -0.25) is 4.79 Å². The summed E-state index contributed by atoms with van der Waals surface area (Å²) in [7, 11) is 0. The number of carbonyl (C=O) groups is 1. The molecule has 4 bridgehead atoms. The summed E-state index contributed by atoms with van der Waals surface area (Å²) in [4.78, 5) is 21.2. The van der Waals surface area contributed by atoms with Crippen LogP contribution in [0.3, 0.4) is 0 Å². The SMILES string of the molecule is CC1(C)CC2CCCCc3cccc(c3)[S+]([O-])NC(=O)c3ccc(-n4ccc(OCCC5(C(F)(F)F)CC5)n4)nc3N1C2. The van der Waals surface area contributed by atoms with Crippen LogP contribution in [0.1, 0.15) is 74.7 Å².